The quantitative estimate of drug-likeness (QED) is 0.884. The molecule has 1 unspecified atom stereocenters. The maximum Gasteiger partial charge on any atom is 0.225 e. The Balaban J connectivity index is 1.56. The number of nitrogens with one attached hydrogen (secondary N) is 1. The van der Waals surface area contributed by atoms with Gasteiger partial charge in [-0.15, -0.1) is 0 Å². The number of aryl methyl sites for hydroxylation is 1. The van der Waals surface area contributed by atoms with Crippen LogP contribution in [0.1, 0.15) is 30.9 Å². The van der Waals surface area contributed by atoms with E-state index in [1.165, 1.54) is 17.5 Å². The van der Waals surface area contributed by atoms with E-state index in [-0.39, 0.29) is 0 Å². The van der Waals surface area contributed by atoms with Crippen LogP contribution < -0.4 is 15.0 Å². The molecule has 0 aliphatic carbocycles. The van der Waals surface area contributed by atoms with E-state index in [0.29, 0.717) is 12.6 Å². The fourth-order valence-corrected chi connectivity index (χ4v) is 3.16. The van der Waals surface area contributed by atoms with Crippen molar-refractivity contribution in [3.8, 4) is 5.75 Å². The van der Waals surface area contributed by atoms with Gasteiger partial charge in [-0.2, -0.15) is 0 Å². The molecular weight excluding hydrogens is 300 g/mol. The van der Waals surface area contributed by atoms with Crippen molar-refractivity contribution in [1.29, 1.82) is 0 Å². The molecule has 2 heterocycles. The van der Waals surface area contributed by atoms with Gasteiger partial charge in [-0.3, -0.25) is 0 Å². The minimum Gasteiger partial charge on any atom is -0.494 e. The lowest BCUT2D eigenvalue weighted by molar-refractivity contribution is 0.340. The van der Waals surface area contributed by atoms with Gasteiger partial charge in [0.1, 0.15) is 5.75 Å². The predicted octanol–water partition coefficient (Wildman–Crippen LogP) is 2.94. The highest BCUT2D eigenvalue weighted by Crippen LogP contribution is 2.19. The maximum absolute atomic E-state index is 5.56. The van der Waals surface area contributed by atoms with E-state index in [1.807, 2.05) is 25.4 Å². The first-order valence-corrected chi connectivity index (χ1v) is 8.74. The van der Waals surface area contributed by atoms with Gasteiger partial charge in [-0.1, -0.05) is 6.07 Å². The van der Waals surface area contributed by atoms with Gasteiger partial charge in [0.15, 0.2) is 0 Å². The topological polar surface area (TPSA) is 50.3 Å². The molecule has 128 valence electrons. The lowest BCUT2D eigenvalue weighted by atomic mass is 10.0. The van der Waals surface area contributed by atoms with E-state index in [9.17, 15) is 0 Å². The third-order valence-corrected chi connectivity index (χ3v) is 4.46. The first kappa shape index (κ1) is 16.7. The van der Waals surface area contributed by atoms with E-state index in [0.717, 1.165) is 37.8 Å². The van der Waals surface area contributed by atoms with Gasteiger partial charge >= 0.3 is 0 Å². The van der Waals surface area contributed by atoms with Crippen molar-refractivity contribution in [2.75, 3.05) is 24.6 Å². The number of aromatic nitrogens is 2. The lowest BCUT2D eigenvalue weighted by Crippen LogP contribution is -2.46. The van der Waals surface area contributed by atoms with E-state index in [2.05, 4.69) is 45.3 Å². The summed E-state index contributed by atoms with van der Waals surface area (Å²) in [5.41, 5.74) is 2.60. The molecule has 24 heavy (non-hydrogen) atoms. The molecule has 1 atom stereocenters. The van der Waals surface area contributed by atoms with Crippen molar-refractivity contribution in [3.05, 3.63) is 47.8 Å². The van der Waals surface area contributed by atoms with Crippen LogP contribution in [0.4, 0.5) is 5.95 Å². The highest BCUT2D eigenvalue weighted by atomic mass is 16.5. The SMILES string of the molecule is CCOc1ccc(CNC2CCCN(c3ncccn3)C2)c(C)c1. The molecule has 0 bridgehead atoms. The fourth-order valence-electron chi connectivity index (χ4n) is 3.16. The molecule has 5 nitrogen and oxygen atoms in total. The summed E-state index contributed by atoms with van der Waals surface area (Å²) >= 11 is 0. The number of hydrogen-bond donors (Lipinski definition) is 1. The van der Waals surface area contributed by atoms with Crippen LogP contribution >= 0.6 is 0 Å². The first-order valence-electron chi connectivity index (χ1n) is 8.74. The Kier molecular flexibility index (Phi) is 5.64. The number of rotatable bonds is 6. The average Bonchev–Trinajstić information content (AvgIpc) is 2.62. The Labute approximate surface area is 144 Å². The second-order valence-corrected chi connectivity index (χ2v) is 6.24. The molecule has 0 spiro atoms. The van der Waals surface area contributed by atoms with Crippen molar-refractivity contribution in [1.82, 2.24) is 15.3 Å². The van der Waals surface area contributed by atoms with Gasteiger partial charge in [0.2, 0.25) is 5.95 Å². The predicted molar refractivity (Wildman–Crippen MR) is 96.5 cm³/mol. The smallest absolute Gasteiger partial charge is 0.225 e. The van der Waals surface area contributed by atoms with Crippen molar-refractivity contribution < 1.29 is 4.74 Å². The Morgan fingerprint density at radius 3 is 2.88 bits per heavy atom. The van der Waals surface area contributed by atoms with Crippen LogP contribution in [0.15, 0.2) is 36.7 Å². The Morgan fingerprint density at radius 2 is 2.12 bits per heavy atom. The molecule has 1 aromatic carbocycles. The molecule has 1 fully saturated rings. The van der Waals surface area contributed by atoms with Gasteiger partial charge in [0.05, 0.1) is 6.61 Å². The summed E-state index contributed by atoms with van der Waals surface area (Å²) in [5, 5.41) is 3.69. The van der Waals surface area contributed by atoms with E-state index < -0.39 is 0 Å². The molecule has 3 rings (SSSR count). The average molecular weight is 326 g/mol. The van der Waals surface area contributed by atoms with Crippen molar-refractivity contribution in [2.24, 2.45) is 0 Å². The summed E-state index contributed by atoms with van der Waals surface area (Å²) in [4.78, 5) is 11.0. The molecule has 0 saturated carbocycles. The highest BCUT2D eigenvalue weighted by Gasteiger charge is 2.21. The van der Waals surface area contributed by atoms with Crippen molar-refractivity contribution in [3.63, 3.8) is 0 Å². The Morgan fingerprint density at radius 1 is 1.29 bits per heavy atom. The molecule has 0 radical (unpaired) electrons. The van der Waals surface area contributed by atoms with Gasteiger partial charge in [0.25, 0.3) is 0 Å². The molecule has 1 saturated heterocycles. The summed E-state index contributed by atoms with van der Waals surface area (Å²) in [5.74, 6) is 1.78. The fraction of sp³-hybridized carbons (Fsp3) is 0.474. The first-order chi connectivity index (χ1) is 11.8. The molecular formula is C19H26N4O. The van der Waals surface area contributed by atoms with Gasteiger partial charge in [0, 0.05) is 38.1 Å². The second kappa shape index (κ2) is 8.11. The van der Waals surface area contributed by atoms with Gasteiger partial charge < -0.3 is 15.0 Å². The summed E-state index contributed by atoms with van der Waals surface area (Å²) in [6.07, 6.45) is 5.98. The zero-order chi connectivity index (χ0) is 16.8. The van der Waals surface area contributed by atoms with E-state index in [4.69, 9.17) is 4.74 Å². The van der Waals surface area contributed by atoms with Crippen LogP contribution in [0.25, 0.3) is 0 Å². The summed E-state index contributed by atoms with van der Waals surface area (Å²) in [6.45, 7) is 7.73. The zero-order valence-electron chi connectivity index (χ0n) is 14.5. The zero-order valence-corrected chi connectivity index (χ0v) is 14.5. The maximum atomic E-state index is 5.56. The molecule has 2 aromatic rings. The Bertz CT molecular complexity index is 647. The standard InChI is InChI=1S/C19H26N4O/c1-3-24-18-8-7-16(15(2)12-18)13-22-17-6-4-11-23(14-17)19-20-9-5-10-21-19/h5,7-10,12,17,22H,3-4,6,11,13-14H2,1-2H3. The summed E-state index contributed by atoms with van der Waals surface area (Å²) in [6, 6.07) is 8.66. The van der Waals surface area contributed by atoms with Crippen LogP contribution in [-0.4, -0.2) is 35.7 Å². The van der Waals surface area contributed by atoms with Crippen molar-refractivity contribution in [2.45, 2.75) is 39.3 Å². The second-order valence-electron chi connectivity index (χ2n) is 6.24. The summed E-state index contributed by atoms with van der Waals surface area (Å²) in [7, 11) is 0. The lowest BCUT2D eigenvalue weighted by Gasteiger charge is -2.33. The van der Waals surface area contributed by atoms with E-state index in [1.54, 1.807) is 0 Å². The Hall–Kier alpha value is -2.14. The molecule has 0 amide bonds. The summed E-state index contributed by atoms with van der Waals surface area (Å²) < 4.78 is 5.56. The molecule has 1 aromatic heterocycles. The number of benzene rings is 1. The number of anilines is 1. The third kappa shape index (κ3) is 4.23. The molecule has 5 heteroatoms. The minimum atomic E-state index is 0.466. The highest BCUT2D eigenvalue weighted by molar-refractivity contribution is 5.35. The number of ether oxygens (including phenoxy) is 1. The normalized spacial score (nSPS) is 17.8. The van der Waals surface area contributed by atoms with Crippen molar-refractivity contribution >= 4 is 5.95 Å². The monoisotopic (exact) mass is 326 g/mol. The minimum absolute atomic E-state index is 0.466. The van der Waals surface area contributed by atoms with Gasteiger partial charge in [-0.25, -0.2) is 9.97 Å². The van der Waals surface area contributed by atoms with Crippen LogP contribution in [0, 0.1) is 6.92 Å². The van der Waals surface area contributed by atoms with Crippen LogP contribution in [-0.2, 0) is 6.54 Å². The van der Waals surface area contributed by atoms with Crippen LogP contribution in [0.2, 0.25) is 0 Å². The van der Waals surface area contributed by atoms with E-state index >= 15 is 0 Å². The third-order valence-electron chi connectivity index (χ3n) is 4.46. The van der Waals surface area contributed by atoms with Gasteiger partial charge in [-0.05, 0) is 56.0 Å². The number of hydrogen-bond acceptors (Lipinski definition) is 5. The molecule has 1 aliphatic heterocycles. The number of piperidine rings is 1. The molecule has 1 aliphatic rings. The van der Waals surface area contributed by atoms with Crippen LogP contribution in [0.5, 0.6) is 5.75 Å². The van der Waals surface area contributed by atoms with Crippen LogP contribution in [0.3, 0.4) is 0 Å². The largest absolute Gasteiger partial charge is 0.494 e. The number of nitrogens with zero attached hydrogens (tertiary/aromatic N) is 3. The molecule has 1 N–H and O–H groups in total.